The molecule has 5 aliphatic rings. The zero-order valence-corrected chi connectivity index (χ0v) is 27.6. The lowest BCUT2D eigenvalue weighted by molar-refractivity contribution is -0.143. The molecule has 7 nitrogen and oxygen atoms in total. The average molecular weight is 651 g/mol. The number of aromatic nitrogens is 1. The molecule has 46 heavy (non-hydrogen) atoms. The molecule has 4 fully saturated rings. The van der Waals surface area contributed by atoms with Crippen molar-refractivity contribution >= 4 is 35.3 Å². The van der Waals surface area contributed by atoms with E-state index in [9.17, 15) is 18.4 Å². The first kappa shape index (κ1) is 31.5. The minimum Gasteiger partial charge on any atom is -0.497 e. The third-order valence-electron chi connectivity index (χ3n) is 11.3. The number of primary amides is 1. The number of benzene rings is 2. The van der Waals surface area contributed by atoms with E-state index >= 15 is 0 Å². The molecule has 2 aromatic carbocycles. The zero-order valence-electron chi connectivity index (χ0n) is 26.7. The monoisotopic (exact) mass is 650 g/mol. The normalized spacial score (nSPS) is 26.9. The number of ether oxygens (including phenoxy) is 1. The quantitative estimate of drug-likeness (QED) is 0.312. The zero-order chi connectivity index (χ0) is 32.3. The smallest absolute Gasteiger partial charge is 0.248 e. The Balaban J connectivity index is 0.000000630. The Kier molecular flexibility index (Phi) is 8.32. The first-order valence-electron chi connectivity index (χ1n) is 16.7. The van der Waals surface area contributed by atoms with E-state index in [4.69, 9.17) is 10.5 Å². The summed E-state index contributed by atoms with van der Waals surface area (Å²) in [5, 5.41) is 1.21. The minimum absolute atomic E-state index is 0.160. The van der Waals surface area contributed by atoms with Crippen molar-refractivity contribution in [3.63, 3.8) is 0 Å². The summed E-state index contributed by atoms with van der Waals surface area (Å²) >= 11 is 3.27. The molecule has 246 valence electrons. The molecule has 4 unspecified atom stereocenters. The molecule has 0 spiro atoms. The fourth-order valence-corrected chi connectivity index (χ4v) is 9.14. The van der Waals surface area contributed by atoms with Gasteiger partial charge in [-0.15, -0.1) is 0 Å². The number of nitrogens with two attached hydrogens (primary N) is 1. The summed E-state index contributed by atoms with van der Waals surface area (Å²) in [6.45, 7) is 2.55. The van der Waals surface area contributed by atoms with Gasteiger partial charge in [-0.25, -0.2) is 8.78 Å². The Morgan fingerprint density at radius 2 is 1.74 bits per heavy atom. The van der Waals surface area contributed by atoms with Crippen molar-refractivity contribution in [2.45, 2.75) is 88.3 Å². The fourth-order valence-electron chi connectivity index (χ4n) is 9.14. The Bertz CT molecular complexity index is 1660. The second kappa shape index (κ2) is 12.2. The predicted octanol–water partition coefficient (Wildman–Crippen LogP) is 6.44. The lowest BCUT2D eigenvalue weighted by atomic mass is 9.81. The SMILES string of the molecule is COc1ccc2c(c1)C1CC1(C(=O)N1C3CCC1CN(C)C3)Cn1c-2c(C2CCCCC2)c2ccc(C(N)=O)cc21.FC(F)CS. The van der Waals surface area contributed by atoms with Gasteiger partial charge < -0.3 is 24.8 Å². The van der Waals surface area contributed by atoms with Gasteiger partial charge in [-0.1, -0.05) is 25.3 Å². The van der Waals surface area contributed by atoms with Crippen LogP contribution in [-0.2, 0) is 11.3 Å². The highest BCUT2D eigenvalue weighted by atomic mass is 32.1. The molecule has 2 aliphatic carbocycles. The molecular weight excluding hydrogens is 606 g/mol. The maximum atomic E-state index is 14.8. The van der Waals surface area contributed by atoms with Gasteiger partial charge in [-0.05, 0) is 86.5 Å². The first-order valence-corrected chi connectivity index (χ1v) is 17.3. The van der Waals surface area contributed by atoms with Crippen molar-refractivity contribution < 1.29 is 23.1 Å². The predicted molar refractivity (Wildman–Crippen MR) is 179 cm³/mol. The van der Waals surface area contributed by atoms with Gasteiger partial charge in [0.1, 0.15) is 5.75 Å². The summed E-state index contributed by atoms with van der Waals surface area (Å²) in [6.07, 6.45) is 6.90. The third kappa shape index (κ3) is 5.20. The molecule has 2 saturated carbocycles. The van der Waals surface area contributed by atoms with Crippen LogP contribution in [0.4, 0.5) is 8.78 Å². The van der Waals surface area contributed by atoms with Crippen LogP contribution >= 0.6 is 12.6 Å². The molecule has 8 rings (SSSR count). The highest BCUT2D eigenvalue weighted by molar-refractivity contribution is 7.80. The number of nitrogens with zero attached hydrogens (tertiary/aromatic N) is 3. The summed E-state index contributed by atoms with van der Waals surface area (Å²) in [4.78, 5) is 31.8. The maximum absolute atomic E-state index is 14.8. The molecule has 2 N–H and O–H groups in total. The first-order chi connectivity index (χ1) is 22.2. The number of hydrogen-bond donors (Lipinski definition) is 2. The Hall–Kier alpha value is -3.11. The van der Waals surface area contributed by atoms with Crippen LogP contribution < -0.4 is 10.5 Å². The van der Waals surface area contributed by atoms with Crippen molar-refractivity contribution in [2.24, 2.45) is 11.1 Å². The lowest BCUT2D eigenvalue weighted by Crippen LogP contribution is -2.57. The second-order valence-electron chi connectivity index (χ2n) is 14.0. The molecule has 10 heteroatoms. The lowest BCUT2D eigenvalue weighted by Gasteiger charge is -2.41. The van der Waals surface area contributed by atoms with Gasteiger partial charge in [0.2, 0.25) is 18.2 Å². The van der Waals surface area contributed by atoms with Crippen LogP contribution in [0.1, 0.15) is 84.7 Å². The van der Waals surface area contributed by atoms with Crippen molar-refractivity contribution in [1.82, 2.24) is 14.4 Å². The fraction of sp³-hybridized carbons (Fsp3) is 0.556. The van der Waals surface area contributed by atoms with Gasteiger partial charge in [-0.3, -0.25) is 9.59 Å². The topological polar surface area (TPSA) is 80.8 Å². The van der Waals surface area contributed by atoms with Crippen LogP contribution in [-0.4, -0.2) is 77.7 Å². The van der Waals surface area contributed by atoms with E-state index < -0.39 is 17.7 Å². The molecule has 3 aliphatic heterocycles. The maximum Gasteiger partial charge on any atom is 0.248 e. The summed E-state index contributed by atoms with van der Waals surface area (Å²) in [7, 11) is 3.91. The van der Waals surface area contributed by atoms with E-state index in [2.05, 4.69) is 58.3 Å². The second-order valence-corrected chi connectivity index (χ2v) is 14.4. The number of methoxy groups -OCH3 is 1. The van der Waals surface area contributed by atoms with Crippen LogP contribution in [0.2, 0.25) is 0 Å². The van der Waals surface area contributed by atoms with Crippen molar-refractivity contribution in [3.05, 3.63) is 53.1 Å². The number of likely N-dealkylation sites (N-methyl/N-ethyl adjacent to an activating group) is 1. The molecule has 1 aromatic heterocycles. The van der Waals surface area contributed by atoms with Crippen LogP contribution in [0, 0.1) is 5.41 Å². The molecule has 3 aromatic rings. The standard InChI is InChI=1S/C34H40N4O3.C2H4F2S/c1-36-17-22-9-10-23(18-36)38(22)33(40)34-16-28(34)27-15-24(41-2)11-13-25(27)31-30(20-6-4-3-5-7-20)26-12-8-21(32(35)39)14-29(26)37(31)19-34;3-2(4)1-5/h8,11-15,20,22-23,28H,3-7,9-10,16-19H2,1-2H3,(H2,35,39);2,5H,1H2. The van der Waals surface area contributed by atoms with Gasteiger partial charge in [0.05, 0.1) is 24.0 Å². The van der Waals surface area contributed by atoms with E-state index in [1.807, 2.05) is 12.1 Å². The van der Waals surface area contributed by atoms with Gasteiger partial charge in [0.15, 0.2) is 0 Å². The van der Waals surface area contributed by atoms with Crippen molar-refractivity contribution in [2.75, 3.05) is 33.0 Å². The van der Waals surface area contributed by atoms with Gasteiger partial charge in [-0.2, -0.15) is 12.6 Å². The minimum atomic E-state index is -2.25. The van der Waals surface area contributed by atoms with Crippen LogP contribution in [0.25, 0.3) is 22.2 Å². The molecule has 0 radical (unpaired) electrons. The van der Waals surface area contributed by atoms with Gasteiger partial charge in [0, 0.05) is 59.7 Å². The molecule has 2 amide bonds. The average Bonchev–Trinajstić information content (AvgIpc) is 3.64. The van der Waals surface area contributed by atoms with Crippen molar-refractivity contribution in [3.8, 4) is 17.0 Å². The Labute approximate surface area is 274 Å². The number of carbonyl (C=O) groups is 2. The summed E-state index contributed by atoms with van der Waals surface area (Å²) < 4.78 is 29.5. The summed E-state index contributed by atoms with van der Waals surface area (Å²) in [6, 6.07) is 13.1. The molecule has 4 atom stereocenters. The number of piperazine rings is 1. The van der Waals surface area contributed by atoms with Crippen LogP contribution in [0.3, 0.4) is 0 Å². The Morgan fingerprint density at radius 3 is 2.37 bits per heavy atom. The van der Waals surface area contributed by atoms with Crippen LogP contribution in [0.5, 0.6) is 5.75 Å². The number of alkyl halides is 2. The number of likely N-dealkylation sites (tertiary alicyclic amines) is 1. The number of rotatable bonds is 5. The number of fused-ring (bicyclic) bond motifs is 9. The summed E-state index contributed by atoms with van der Waals surface area (Å²) in [5.41, 5.74) is 12.0. The number of thiol groups is 1. The van der Waals surface area contributed by atoms with E-state index in [0.717, 1.165) is 43.6 Å². The van der Waals surface area contributed by atoms with E-state index in [-0.39, 0.29) is 11.7 Å². The van der Waals surface area contributed by atoms with Crippen molar-refractivity contribution in [1.29, 1.82) is 0 Å². The third-order valence-corrected chi connectivity index (χ3v) is 11.5. The molecular formula is C36H44F2N4O3S. The van der Waals surface area contributed by atoms with E-state index in [1.165, 1.54) is 59.9 Å². The number of halogens is 2. The molecule has 4 heterocycles. The largest absolute Gasteiger partial charge is 0.497 e. The van der Waals surface area contributed by atoms with E-state index in [1.54, 1.807) is 7.11 Å². The van der Waals surface area contributed by atoms with Crippen LogP contribution in [0.15, 0.2) is 36.4 Å². The highest BCUT2D eigenvalue weighted by Gasteiger charge is 2.65. The number of hydrogen-bond acceptors (Lipinski definition) is 5. The van der Waals surface area contributed by atoms with Gasteiger partial charge in [0.25, 0.3) is 0 Å². The molecule has 2 saturated heterocycles. The van der Waals surface area contributed by atoms with Gasteiger partial charge >= 0.3 is 0 Å². The number of carbonyl (C=O) groups excluding carboxylic acids is 2. The van der Waals surface area contributed by atoms with E-state index in [0.29, 0.717) is 36.0 Å². The number of amides is 2. The Morgan fingerprint density at radius 1 is 1.04 bits per heavy atom. The highest BCUT2D eigenvalue weighted by Crippen LogP contribution is 2.66. The molecule has 2 bridgehead atoms. The summed E-state index contributed by atoms with van der Waals surface area (Å²) in [5.74, 6) is 1.05.